The molecule has 2 nitrogen and oxygen atoms in total. The van der Waals surface area contributed by atoms with Gasteiger partial charge in [-0.25, -0.2) is 0 Å². The molecule has 13 heavy (non-hydrogen) atoms. The predicted octanol–water partition coefficient (Wildman–Crippen LogP) is 1.90. The summed E-state index contributed by atoms with van der Waals surface area (Å²) in [6, 6.07) is 8.44. The first-order chi connectivity index (χ1) is 6.27. The van der Waals surface area contributed by atoms with Crippen LogP contribution >= 0.6 is 0 Å². The number of nitrogens with one attached hydrogen (secondary N) is 1. The monoisotopic (exact) mass is 179 g/mol. The minimum atomic E-state index is 0.158. The Bertz CT molecular complexity index is 243. The number of aryl methyl sites for hydroxylation is 1. The minimum absolute atomic E-state index is 0.158. The second kappa shape index (κ2) is 5.00. The van der Waals surface area contributed by atoms with E-state index >= 15 is 0 Å². The van der Waals surface area contributed by atoms with Crippen molar-refractivity contribution in [3.05, 3.63) is 35.4 Å². The van der Waals surface area contributed by atoms with E-state index < -0.39 is 0 Å². The second-order valence-corrected chi connectivity index (χ2v) is 3.19. The average molecular weight is 179 g/mol. The number of hydrogen-bond acceptors (Lipinski definition) is 2. The minimum Gasteiger partial charge on any atom is -0.375 e. The molecule has 0 aliphatic rings. The summed E-state index contributed by atoms with van der Waals surface area (Å²) in [6.45, 7) is 2.93. The SMILES string of the molecule is CNC[C@@H](OC)c1ccc(C)cc1. The lowest BCUT2D eigenvalue weighted by molar-refractivity contribution is 0.104. The number of likely N-dealkylation sites (N-methyl/N-ethyl adjacent to an activating group) is 1. The molecule has 0 heterocycles. The quantitative estimate of drug-likeness (QED) is 0.762. The van der Waals surface area contributed by atoms with E-state index in [1.165, 1.54) is 11.1 Å². The molecule has 1 atom stereocenters. The maximum absolute atomic E-state index is 5.35. The molecule has 0 spiro atoms. The van der Waals surface area contributed by atoms with Gasteiger partial charge in [-0.3, -0.25) is 0 Å². The number of benzene rings is 1. The van der Waals surface area contributed by atoms with Crippen molar-refractivity contribution in [1.82, 2.24) is 5.32 Å². The Balaban J connectivity index is 2.73. The summed E-state index contributed by atoms with van der Waals surface area (Å²) >= 11 is 0. The molecule has 0 fully saturated rings. The fourth-order valence-electron chi connectivity index (χ4n) is 1.30. The highest BCUT2D eigenvalue weighted by atomic mass is 16.5. The zero-order chi connectivity index (χ0) is 9.68. The van der Waals surface area contributed by atoms with E-state index in [-0.39, 0.29) is 6.10 Å². The Hall–Kier alpha value is -0.860. The van der Waals surface area contributed by atoms with Crippen LogP contribution in [0.15, 0.2) is 24.3 Å². The van der Waals surface area contributed by atoms with Crippen molar-refractivity contribution in [3.8, 4) is 0 Å². The molecule has 0 aliphatic heterocycles. The Morgan fingerprint density at radius 2 is 1.92 bits per heavy atom. The predicted molar refractivity (Wildman–Crippen MR) is 54.9 cm³/mol. The van der Waals surface area contributed by atoms with Gasteiger partial charge in [-0.2, -0.15) is 0 Å². The van der Waals surface area contributed by atoms with Gasteiger partial charge in [0.05, 0.1) is 6.10 Å². The van der Waals surface area contributed by atoms with Gasteiger partial charge in [-0.1, -0.05) is 29.8 Å². The van der Waals surface area contributed by atoms with E-state index in [1.807, 2.05) is 7.05 Å². The lowest BCUT2D eigenvalue weighted by Gasteiger charge is -2.15. The molecule has 2 heteroatoms. The maximum Gasteiger partial charge on any atom is 0.0945 e. The van der Waals surface area contributed by atoms with Crippen molar-refractivity contribution in [1.29, 1.82) is 0 Å². The normalized spacial score (nSPS) is 12.8. The summed E-state index contributed by atoms with van der Waals surface area (Å²) in [5, 5.41) is 3.11. The number of ether oxygens (including phenoxy) is 1. The number of methoxy groups -OCH3 is 1. The van der Waals surface area contributed by atoms with Crippen LogP contribution in [0.3, 0.4) is 0 Å². The molecule has 1 aromatic carbocycles. The molecular formula is C11H17NO. The first kappa shape index (κ1) is 10.2. The zero-order valence-electron chi connectivity index (χ0n) is 8.50. The fourth-order valence-corrected chi connectivity index (χ4v) is 1.30. The molecule has 1 aromatic rings. The van der Waals surface area contributed by atoms with E-state index in [0.717, 1.165) is 6.54 Å². The van der Waals surface area contributed by atoms with Crippen LogP contribution in [0.5, 0.6) is 0 Å². The van der Waals surface area contributed by atoms with Crippen molar-refractivity contribution in [2.75, 3.05) is 20.7 Å². The van der Waals surface area contributed by atoms with Gasteiger partial charge >= 0.3 is 0 Å². The smallest absolute Gasteiger partial charge is 0.0945 e. The lowest BCUT2D eigenvalue weighted by Crippen LogP contribution is -2.18. The lowest BCUT2D eigenvalue weighted by atomic mass is 10.1. The molecule has 0 aromatic heterocycles. The molecule has 0 bridgehead atoms. The van der Waals surface area contributed by atoms with Crippen LogP contribution < -0.4 is 5.32 Å². The molecule has 0 saturated heterocycles. The van der Waals surface area contributed by atoms with Gasteiger partial charge in [0, 0.05) is 13.7 Å². The zero-order valence-corrected chi connectivity index (χ0v) is 8.50. The molecule has 1 N–H and O–H groups in total. The molecule has 0 amide bonds. The second-order valence-electron chi connectivity index (χ2n) is 3.19. The van der Waals surface area contributed by atoms with Crippen LogP contribution in [-0.2, 0) is 4.74 Å². The molecule has 0 saturated carbocycles. The van der Waals surface area contributed by atoms with Crippen molar-refractivity contribution < 1.29 is 4.74 Å². The summed E-state index contributed by atoms with van der Waals surface area (Å²) in [6.07, 6.45) is 0.158. The third-order valence-corrected chi connectivity index (χ3v) is 2.12. The Labute approximate surface area is 79.9 Å². The van der Waals surface area contributed by atoms with Gasteiger partial charge in [-0.15, -0.1) is 0 Å². The van der Waals surface area contributed by atoms with Crippen LogP contribution in [0.4, 0.5) is 0 Å². The van der Waals surface area contributed by atoms with Crippen LogP contribution in [0.2, 0.25) is 0 Å². The average Bonchev–Trinajstić information content (AvgIpc) is 2.16. The van der Waals surface area contributed by atoms with Crippen LogP contribution in [-0.4, -0.2) is 20.7 Å². The van der Waals surface area contributed by atoms with Crippen molar-refractivity contribution >= 4 is 0 Å². The summed E-state index contributed by atoms with van der Waals surface area (Å²) in [5.41, 5.74) is 2.51. The Morgan fingerprint density at radius 3 is 2.38 bits per heavy atom. The van der Waals surface area contributed by atoms with Crippen molar-refractivity contribution in [2.45, 2.75) is 13.0 Å². The molecular weight excluding hydrogens is 162 g/mol. The molecule has 72 valence electrons. The topological polar surface area (TPSA) is 21.3 Å². The van der Waals surface area contributed by atoms with E-state index in [0.29, 0.717) is 0 Å². The summed E-state index contributed by atoms with van der Waals surface area (Å²) in [4.78, 5) is 0. The van der Waals surface area contributed by atoms with E-state index in [4.69, 9.17) is 4.74 Å². The molecule has 0 radical (unpaired) electrons. The van der Waals surface area contributed by atoms with E-state index in [2.05, 4.69) is 36.5 Å². The Kier molecular flexibility index (Phi) is 3.93. The maximum atomic E-state index is 5.35. The molecule has 0 aliphatic carbocycles. The third-order valence-electron chi connectivity index (χ3n) is 2.12. The highest BCUT2D eigenvalue weighted by molar-refractivity contribution is 5.23. The standard InChI is InChI=1S/C11H17NO/c1-9-4-6-10(7-5-9)11(13-3)8-12-2/h4-7,11-12H,8H2,1-3H3/t11-/m1/s1. The van der Waals surface area contributed by atoms with Gasteiger partial charge in [0.1, 0.15) is 0 Å². The van der Waals surface area contributed by atoms with Gasteiger partial charge < -0.3 is 10.1 Å². The van der Waals surface area contributed by atoms with Crippen LogP contribution in [0.1, 0.15) is 17.2 Å². The van der Waals surface area contributed by atoms with Gasteiger partial charge in [0.2, 0.25) is 0 Å². The first-order valence-electron chi connectivity index (χ1n) is 4.52. The first-order valence-corrected chi connectivity index (χ1v) is 4.52. The van der Waals surface area contributed by atoms with Crippen molar-refractivity contribution in [3.63, 3.8) is 0 Å². The number of hydrogen-bond donors (Lipinski definition) is 1. The fraction of sp³-hybridized carbons (Fsp3) is 0.455. The molecule has 0 unspecified atom stereocenters. The van der Waals surface area contributed by atoms with E-state index in [9.17, 15) is 0 Å². The van der Waals surface area contributed by atoms with Crippen molar-refractivity contribution in [2.24, 2.45) is 0 Å². The summed E-state index contributed by atoms with van der Waals surface area (Å²) in [7, 11) is 3.67. The summed E-state index contributed by atoms with van der Waals surface area (Å²) in [5.74, 6) is 0. The van der Waals surface area contributed by atoms with Gasteiger partial charge in [-0.05, 0) is 19.5 Å². The number of rotatable bonds is 4. The van der Waals surface area contributed by atoms with E-state index in [1.54, 1.807) is 7.11 Å². The Morgan fingerprint density at radius 1 is 1.31 bits per heavy atom. The highest BCUT2D eigenvalue weighted by Gasteiger charge is 2.07. The third kappa shape index (κ3) is 2.83. The van der Waals surface area contributed by atoms with Gasteiger partial charge in [0.15, 0.2) is 0 Å². The summed E-state index contributed by atoms with van der Waals surface area (Å²) < 4.78 is 5.35. The largest absolute Gasteiger partial charge is 0.375 e. The van der Waals surface area contributed by atoms with Crippen LogP contribution in [0, 0.1) is 6.92 Å². The van der Waals surface area contributed by atoms with Crippen LogP contribution in [0.25, 0.3) is 0 Å². The molecule has 1 rings (SSSR count). The van der Waals surface area contributed by atoms with Gasteiger partial charge in [0.25, 0.3) is 0 Å². The highest BCUT2D eigenvalue weighted by Crippen LogP contribution is 2.15.